The van der Waals surface area contributed by atoms with Crippen LogP contribution >= 0.6 is 0 Å². The van der Waals surface area contributed by atoms with Gasteiger partial charge in [-0.15, -0.1) is 0 Å². The van der Waals surface area contributed by atoms with Crippen LogP contribution in [-0.4, -0.2) is 27.5 Å². The summed E-state index contributed by atoms with van der Waals surface area (Å²) in [6.07, 6.45) is 4.31. The molecule has 4 rings (SSSR count). The minimum absolute atomic E-state index is 0.0376. The average molecular weight is 347 g/mol. The summed E-state index contributed by atoms with van der Waals surface area (Å²) in [5.41, 5.74) is 4.52. The summed E-state index contributed by atoms with van der Waals surface area (Å²) in [4.78, 5) is 19.2. The molecule has 1 amide bonds. The van der Waals surface area contributed by atoms with Crippen LogP contribution in [0.3, 0.4) is 0 Å². The van der Waals surface area contributed by atoms with Gasteiger partial charge in [0.25, 0.3) is 5.91 Å². The van der Waals surface area contributed by atoms with Crippen molar-refractivity contribution in [3.63, 3.8) is 0 Å². The molecule has 0 fully saturated rings. The van der Waals surface area contributed by atoms with E-state index < -0.39 is 0 Å². The molecule has 0 bridgehead atoms. The zero-order chi connectivity index (χ0) is 17.9. The minimum Gasteiger partial charge on any atom is -0.360 e. The molecular formula is C21H21N3O2. The maximum absolute atomic E-state index is 13.0. The molecule has 0 unspecified atom stereocenters. The summed E-state index contributed by atoms with van der Waals surface area (Å²) < 4.78 is 5.53. The summed E-state index contributed by atoms with van der Waals surface area (Å²) >= 11 is 0. The Labute approximate surface area is 152 Å². The number of pyridine rings is 1. The molecule has 0 saturated carbocycles. The second-order valence-corrected chi connectivity index (χ2v) is 6.56. The third-order valence-electron chi connectivity index (χ3n) is 4.73. The molecule has 1 aliphatic heterocycles. The van der Waals surface area contributed by atoms with Crippen LogP contribution in [0.15, 0.2) is 53.2 Å². The van der Waals surface area contributed by atoms with Crippen molar-refractivity contribution in [2.45, 2.75) is 32.7 Å². The summed E-state index contributed by atoms with van der Waals surface area (Å²) in [5, 5.41) is 4.25. The van der Waals surface area contributed by atoms with Crippen LogP contribution in [0.5, 0.6) is 0 Å². The monoisotopic (exact) mass is 347 g/mol. The van der Waals surface area contributed by atoms with Gasteiger partial charge in [-0.1, -0.05) is 48.8 Å². The highest BCUT2D eigenvalue weighted by atomic mass is 16.5. The Morgan fingerprint density at radius 1 is 1.23 bits per heavy atom. The quantitative estimate of drug-likeness (QED) is 0.718. The Bertz CT molecular complexity index is 918. The smallest absolute Gasteiger partial charge is 0.254 e. The predicted octanol–water partition coefficient (Wildman–Crippen LogP) is 3.89. The fourth-order valence-electron chi connectivity index (χ4n) is 3.39. The number of aromatic nitrogens is 2. The van der Waals surface area contributed by atoms with E-state index in [1.807, 2.05) is 41.3 Å². The van der Waals surface area contributed by atoms with E-state index in [-0.39, 0.29) is 5.91 Å². The number of hydrogen-bond donors (Lipinski definition) is 0. The molecule has 0 N–H and O–H groups in total. The first kappa shape index (κ1) is 16.5. The van der Waals surface area contributed by atoms with Gasteiger partial charge in [0.15, 0.2) is 0 Å². The molecular weight excluding hydrogens is 326 g/mol. The molecule has 26 heavy (non-hydrogen) atoms. The molecule has 5 nitrogen and oxygen atoms in total. The van der Waals surface area contributed by atoms with Gasteiger partial charge in [-0.05, 0) is 18.6 Å². The molecule has 2 aromatic heterocycles. The highest BCUT2D eigenvalue weighted by molar-refractivity contribution is 5.94. The number of rotatable bonds is 4. The van der Waals surface area contributed by atoms with Gasteiger partial charge in [-0.2, -0.15) is 0 Å². The van der Waals surface area contributed by atoms with E-state index >= 15 is 0 Å². The predicted molar refractivity (Wildman–Crippen MR) is 98.6 cm³/mol. The lowest BCUT2D eigenvalue weighted by Crippen LogP contribution is -2.35. The topological polar surface area (TPSA) is 59.2 Å². The van der Waals surface area contributed by atoms with E-state index in [4.69, 9.17) is 4.52 Å². The lowest BCUT2D eigenvalue weighted by Gasteiger charge is -2.26. The Morgan fingerprint density at radius 2 is 2.08 bits per heavy atom. The molecule has 1 aromatic carbocycles. The Balaban J connectivity index is 1.59. The summed E-state index contributed by atoms with van der Waals surface area (Å²) in [6.45, 7) is 3.27. The number of nitrogens with zero attached hydrogens (tertiary/aromatic N) is 3. The largest absolute Gasteiger partial charge is 0.360 e. The Hall–Kier alpha value is -2.95. The molecule has 0 saturated heterocycles. The van der Waals surface area contributed by atoms with E-state index in [2.05, 4.69) is 17.1 Å². The number of fused-ring (bicyclic) bond motifs is 1. The minimum atomic E-state index is 0.0376. The second kappa shape index (κ2) is 7.12. The SMILES string of the molecule is CCCc1cc(C(=O)N2CCc3onc(-c4ccccc4)c3C2)ccn1. The highest BCUT2D eigenvalue weighted by Gasteiger charge is 2.28. The fraction of sp³-hybridized carbons (Fsp3) is 0.286. The van der Waals surface area contributed by atoms with Crippen molar-refractivity contribution in [1.29, 1.82) is 0 Å². The van der Waals surface area contributed by atoms with Gasteiger partial charge in [0, 0.05) is 41.5 Å². The van der Waals surface area contributed by atoms with Gasteiger partial charge in [-0.3, -0.25) is 9.78 Å². The third-order valence-corrected chi connectivity index (χ3v) is 4.73. The zero-order valence-electron chi connectivity index (χ0n) is 14.8. The van der Waals surface area contributed by atoms with Gasteiger partial charge < -0.3 is 9.42 Å². The molecule has 5 heteroatoms. The van der Waals surface area contributed by atoms with Crippen molar-refractivity contribution in [2.75, 3.05) is 6.54 Å². The molecule has 0 atom stereocenters. The van der Waals surface area contributed by atoms with Crippen molar-refractivity contribution in [1.82, 2.24) is 15.0 Å². The summed E-state index contributed by atoms with van der Waals surface area (Å²) in [6, 6.07) is 13.7. The lowest BCUT2D eigenvalue weighted by atomic mass is 10.0. The number of carbonyl (C=O) groups is 1. The second-order valence-electron chi connectivity index (χ2n) is 6.56. The van der Waals surface area contributed by atoms with E-state index in [1.165, 1.54) is 0 Å². The molecule has 0 spiro atoms. The van der Waals surface area contributed by atoms with Gasteiger partial charge >= 0.3 is 0 Å². The Morgan fingerprint density at radius 3 is 2.88 bits per heavy atom. The van der Waals surface area contributed by atoms with Crippen LogP contribution in [0.1, 0.15) is 40.7 Å². The summed E-state index contributed by atoms with van der Waals surface area (Å²) in [7, 11) is 0. The average Bonchev–Trinajstić information content (AvgIpc) is 3.12. The van der Waals surface area contributed by atoms with Crippen LogP contribution in [0.2, 0.25) is 0 Å². The van der Waals surface area contributed by atoms with Crippen LogP contribution in [-0.2, 0) is 19.4 Å². The Kier molecular flexibility index (Phi) is 4.52. The summed E-state index contributed by atoms with van der Waals surface area (Å²) in [5.74, 6) is 0.921. The molecule has 3 heterocycles. The number of carbonyl (C=O) groups excluding carboxylic acids is 1. The van der Waals surface area contributed by atoms with Gasteiger partial charge in [0.1, 0.15) is 11.5 Å². The van der Waals surface area contributed by atoms with E-state index in [9.17, 15) is 4.79 Å². The first-order valence-corrected chi connectivity index (χ1v) is 9.03. The number of hydrogen-bond acceptors (Lipinski definition) is 4. The standard InChI is InChI=1S/C21H21N3O2/c1-2-6-17-13-16(9-11-22-17)21(25)24-12-10-19-18(14-24)20(23-26-19)15-7-4-3-5-8-15/h3-5,7-9,11,13H,2,6,10,12,14H2,1H3. The van der Waals surface area contributed by atoms with Gasteiger partial charge in [0.05, 0.1) is 6.54 Å². The van der Waals surface area contributed by atoms with Crippen molar-refractivity contribution >= 4 is 5.91 Å². The van der Waals surface area contributed by atoms with Crippen LogP contribution in [0.25, 0.3) is 11.3 Å². The third kappa shape index (κ3) is 3.12. The first-order chi connectivity index (χ1) is 12.8. The van der Waals surface area contributed by atoms with Crippen molar-refractivity contribution in [2.24, 2.45) is 0 Å². The van der Waals surface area contributed by atoms with Crippen LogP contribution < -0.4 is 0 Å². The highest BCUT2D eigenvalue weighted by Crippen LogP contribution is 2.30. The van der Waals surface area contributed by atoms with Crippen molar-refractivity contribution in [3.05, 3.63) is 71.2 Å². The number of aryl methyl sites for hydroxylation is 1. The number of benzene rings is 1. The molecule has 132 valence electrons. The van der Waals surface area contributed by atoms with E-state index in [1.54, 1.807) is 12.3 Å². The molecule has 0 radical (unpaired) electrons. The van der Waals surface area contributed by atoms with Crippen molar-refractivity contribution < 1.29 is 9.32 Å². The van der Waals surface area contributed by atoms with E-state index in [0.717, 1.165) is 41.1 Å². The first-order valence-electron chi connectivity index (χ1n) is 9.03. The fourth-order valence-corrected chi connectivity index (χ4v) is 3.39. The van der Waals surface area contributed by atoms with Crippen LogP contribution in [0.4, 0.5) is 0 Å². The van der Waals surface area contributed by atoms with E-state index in [0.29, 0.717) is 25.1 Å². The lowest BCUT2D eigenvalue weighted by molar-refractivity contribution is 0.0729. The number of amides is 1. The maximum atomic E-state index is 13.0. The van der Waals surface area contributed by atoms with Crippen LogP contribution in [0, 0.1) is 0 Å². The molecule has 1 aliphatic rings. The normalized spacial score (nSPS) is 13.5. The van der Waals surface area contributed by atoms with Crippen molar-refractivity contribution in [3.8, 4) is 11.3 Å². The van der Waals surface area contributed by atoms with Gasteiger partial charge in [-0.25, -0.2) is 0 Å². The maximum Gasteiger partial charge on any atom is 0.254 e. The molecule has 3 aromatic rings. The zero-order valence-corrected chi connectivity index (χ0v) is 14.8. The molecule has 0 aliphatic carbocycles. The van der Waals surface area contributed by atoms with Gasteiger partial charge in [0.2, 0.25) is 0 Å².